The van der Waals surface area contributed by atoms with Crippen molar-refractivity contribution in [1.82, 2.24) is 9.36 Å². The number of nitrogens with one attached hydrogen (secondary N) is 1. The van der Waals surface area contributed by atoms with Crippen molar-refractivity contribution in [3.63, 3.8) is 0 Å². The van der Waals surface area contributed by atoms with Crippen molar-refractivity contribution in [2.75, 3.05) is 12.4 Å². The number of aromatic nitrogens is 2. The summed E-state index contributed by atoms with van der Waals surface area (Å²) in [5.41, 5.74) is 2.35. The molecule has 1 heterocycles. The number of Topliss-reactive ketones (excluding diaryl/α,β-unsaturated/α-hetero) is 1. The lowest BCUT2D eigenvalue weighted by Crippen LogP contribution is -2.26. The van der Waals surface area contributed by atoms with E-state index in [0.717, 1.165) is 11.3 Å². The second-order valence-electron chi connectivity index (χ2n) is 9.60. The smallest absolute Gasteiger partial charge is 0.295 e. The lowest BCUT2D eigenvalue weighted by molar-refractivity contribution is -0.118. The maximum atomic E-state index is 13.1. The number of rotatable bonds is 9. The second-order valence-corrected chi connectivity index (χ2v) is 10.0. The zero-order valence-corrected chi connectivity index (χ0v) is 21.8. The van der Waals surface area contributed by atoms with Crippen LogP contribution >= 0.6 is 11.6 Å². The number of benzene rings is 2. The number of hydrogen-bond acceptors (Lipinski definition) is 4. The van der Waals surface area contributed by atoms with Crippen molar-refractivity contribution in [2.24, 2.45) is 12.5 Å². The van der Waals surface area contributed by atoms with Crippen molar-refractivity contribution in [3.05, 3.63) is 74.7 Å². The number of aryl methyl sites for hydroxylation is 1. The predicted octanol–water partition coefficient (Wildman–Crippen LogP) is 5.47. The average Bonchev–Trinajstić information content (AvgIpc) is 3.00. The summed E-state index contributed by atoms with van der Waals surface area (Å²) < 4.78 is 8.55. The van der Waals surface area contributed by atoms with Crippen LogP contribution in [0.4, 0.5) is 5.69 Å². The quantitative estimate of drug-likeness (QED) is 0.397. The number of nitrogens with zero attached hydrogens (tertiary/aromatic N) is 2. The molecule has 0 unspecified atom stereocenters. The first-order valence-corrected chi connectivity index (χ1v) is 11.8. The van der Waals surface area contributed by atoms with Crippen LogP contribution in [0.25, 0.3) is 5.69 Å². The highest BCUT2D eigenvalue weighted by Crippen LogP contribution is 2.30. The minimum Gasteiger partial charge on any atom is -0.496 e. The van der Waals surface area contributed by atoms with E-state index in [1.54, 1.807) is 41.5 Å². The molecule has 8 heteroatoms. The zero-order valence-electron chi connectivity index (χ0n) is 21.1. The molecule has 2 aromatic carbocycles. The third kappa shape index (κ3) is 6.03. The summed E-state index contributed by atoms with van der Waals surface area (Å²) in [6, 6.07) is 12.6. The van der Waals surface area contributed by atoms with Gasteiger partial charge in [0.15, 0.2) is 5.78 Å². The molecule has 0 saturated heterocycles. The topological polar surface area (TPSA) is 82.3 Å². The lowest BCUT2D eigenvalue weighted by Gasteiger charge is -2.23. The number of carbonyl (C=O) groups is 2. The van der Waals surface area contributed by atoms with E-state index in [1.165, 1.54) is 7.11 Å². The molecule has 1 N–H and O–H groups in total. The Hall–Kier alpha value is -3.32. The third-order valence-electron chi connectivity index (χ3n) is 6.19. The molecule has 0 fully saturated rings. The van der Waals surface area contributed by atoms with Crippen LogP contribution in [-0.4, -0.2) is 28.2 Å². The molecule has 186 valence electrons. The van der Waals surface area contributed by atoms with Crippen molar-refractivity contribution >= 4 is 29.0 Å². The van der Waals surface area contributed by atoms with E-state index < -0.39 is 5.41 Å². The number of carbonyl (C=O) groups excluding carboxylic acids is 2. The largest absolute Gasteiger partial charge is 0.496 e. The van der Waals surface area contributed by atoms with E-state index in [9.17, 15) is 14.4 Å². The fourth-order valence-electron chi connectivity index (χ4n) is 4.09. The summed E-state index contributed by atoms with van der Waals surface area (Å²) >= 11 is 6.05. The lowest BCUT2D eigenvalue weighted by atomic mass is 9.82. The highest BCUT2D eigenvalue weighted by Gasteiger charge is 2.26. The summed E-state index contributed by atoms with van der Waals surface area (Å²) in [5, 5.41) is 3.27. The van der Waals surface area contributed by atoms with Crippen molar-refractivity contribution in [3.8, 4) is 11.4 Å². The zero-order chi connectivity index (χ0) is 25.9. The van der Waals surface area contributed by atoms with Gasteiger partial charge in [0.05, 0.1) is 24.1 Å². The molecule has 3 rings (SSSR count). The Kier molecular flexibility index (Phi) is 7.90. The summed E-state index contributed by atoms with van der Waals surface area (Å²) in [7, 11) is 3.29. The van der Waals surface area contributed by atoms with Crippen molar-refractivity contribution in [1.29, 1.82) is 0 Å². The van der Waals surface area contributed by atoms with Gasteiger partial charge in [0, 0.05) is 24.9 Å². The van der Waals surface area contributed by atoms with Crippen LogP contribution in [0.3, 0.4) is 0 Å². The van der Waals surface area contributed by atoms with Gasteiger partial charge in [-0.25, -0.2) is 4.68 Å². The van der Waals surface area contributed by atoms with Gasteiger partial charge >= 0.3 is 0 Å². The molecule has 35 heavy (non-hydrogen) atoms. The monoisotopic (exact) mass is 497 g/mol. The number of amides is 1. The van der Waals surface area contributed by atoms with Crippen molar-refractivity contribution < 1.29 is 14.3 Å². The van der Waals surface area contributed by atoms with Gasteiger partial charge in [-0.05, 0) is 61.6 Å². The first-order chi connectivity index (χ1) is 16.4. The maximum absolute atomic E-state index is 13.1. The van der Waals surface area contributed by atoms with E-state index in [1.807, 2.05) is 45.0 Å². The van der Waals surface area contributed by atoms with Gasteiger partial charge in [0.2, 0.25) is 5.91 Å². The molecule has 0 atom stereocenters. The van der Waals surface area contributed by atoms with Gasteiger partial charge in [-0.2, -0.15) is 0 Å². The average molecular weight is 498 g/mol. The minimum absolute atomic E-state index is 0.0993. The summed E-state index contributed by atoms with van der Waals surface area (Å²) in [6.45, 7) is 7.61. The predicted molar refractivity (Wildman–Crippen MR) is 139 cm³/mol. The molecule has 0 bridgehead atoms. The fourth-order valence-corrected chi connectivity index (χ4v) is 4.27. The van der Waals surface area contributed by atoms with Gasteiger partial charge in [-0.15, -0.1) is 0 Å². The highest BCUT2D eigenvalue weighted by atomic mass is 35.5. The molecule has 0 aliphatic carbocycles. The Morgan fingerprint density at radius 2 is 1.83 bits per heavy atom. The van der Waals surface area contributed by atoms with E-state index >= 15 is 0 Å². The molecule has 0 aliphatic rings. The fraction of sp³-hybridized carbons (Fsp3) is 0.370. The van der Waals surface area contributed by atoms with Crippen LogP contribution in [-0.2, 0) is 11.8 Å². The molecule has 3 aromatic rings. The molecule has 0 aliphatic heterocycles. The van der Waals surface area contributed by atoms with Crippen LogP contribution in [0, 0.1) is 19.3 Å². The first-order valence-electron chi connectivity index (χ1n) is 11.5. The number of methoxy groups -OCH3 is 1. The Bertz CT molecular complexity index is 1320. The molecular weight excluding hydrogens is 466 g/mol. The Balaban J connectivity index is 1.70. The Labute approximate surface area is 210 Å². The van der Waals surface area contributed by atoms with Crippen LogP contribution < -0.4 is 15.6 Å². The van der Waals surface area contributed by atoms with Crippen LogP contribution in [0.15, 0.2) is 47.3 Å². The number of anilines is 1. The van der Waals surface area contributed by atoms with E-state index in [4.69, 9.17) is 16.3 Å². The number of halogens is 1. The van der Waals surface area contributed by atoms with Gasteiger partial charge in [-0.1, -0.05) is 37.6 Å². The molecule has 0 spiro atoms. The number of ether oxygens (including phenoxy) is 1. The molecular formula is C27H32ClN3O4. The molecule has 7 nitrogen and oxygen atoms in total. The molecule has 0 radical (unpaired) electrons. The first kappa shape index (κ1) is 26.3. The summed E-state index contributed by atoms with van der Waals surface area (Å²) in [6.07, 6.45) is 0.878. The SMILES string of the molecule is COc1ccc(Cl)cc1C(=O)CCC(C)(C)CC(=O)Nc1c(C)n(C)n(-c2cccc(C)c2)c1=O. The Morgan fingerprint density at radius 1 is 1.11 bits per heavy atom. The second kappa shape index (κ2) is 10.5. The number of ketones is 1. The number of hydrogen-bond donors (Lipinski definition) is 1. The van der Waals surface area contributed by atoms with E-state index in [2.05, 4.69) is 5.32 Å². The van der Waals surface area contributed by atoms with Crippen LogP contribution in [0.1, 0.15) is 54.7 Å². The van der Waals surface area contributed by atoms with Crippen LogP contribution in [0.5, 0.6) is 5.75 Å². The third-order valence-corrected chi connectivity index (χ3v) is 6.43. The van der Waals surface area contributed by atoms with E-state index in [-0.39, 0.29) is 35.8 Å². The normalized spacial score (nSPS) is 11.4. The molecule has 0 saturated carbocycles. The summed E-state index contributed by atoms with van der Waals surface area (Å²) in [4.78, 5) is 38.9. The maximum Gasteiger partial charge on any atom is 0.295 e. The Morgan fingerprint density at radius 3 is 2.49 bits per heavy atom. The van der Waals surface area contributed by atoms with Gasteiger partial charge in [0.25, 0.3) is 5.56 Å². The highest BCUT2D eigenvalue weighted by molar-refractivity contribution is 6.31. The van der Waals surface area contributed by atoms with Gasteiger partial charge in [-0.3, -0.25) is 19.1 Å². The van der Waals surface area contributed by atoms with Crippen LogP contribution in [0.2, 0.25) is 5.02 Å². The van der Waals surface area contributed by atoms with E-state index in [0.29, 0.717) is 28.5 Å². The molecule has 1 amide bonds. The van der Waals surface area contributed by atoms with Crippen molar-refractivity contribution in [2.45, 2.75) is 47.0 Å². The molecule has 1 aromatic heterocycles. The standard InChI is InChI=1S/C27H32ClN3O4/c1-17-8-7-9-20(14-17)31-26(34)25(18(2)30(31)5)29-24(33)16-27(3,4)13-12-22(32)21-15-19(28)10-11-23(21)35-6/h7-11,14-15H,12-13,16H2,1-6H3,(H,29,33). The summed E-state index contributed by atoms with van der Waals surface area (Å²) in [5.74, 6) is 0.0992. The van der Waals surface area contributed by atoms with Gasteiger partial charge < -0.3 is 10.1 Å². The minimum atomic E-state index is -0.468. The van der Waals surface area contributed by atoms with Gasteiger partial charge in [0.1, 0.15) is 11.4 Å².